The predicted molar refractivity (Wildman–Crippen MR) is 65.8 cm³/mol. The van der Waals surface area contributed by atoms with E-state index in [0.29, 0.717) is 12.0 Å². The number of nitrogens with one attached hydrogen (secondary N) is 1. The number of nitrogens with zero attached hydrogens (tertiary/aromatic N) is 1. The zero-order valence-corrected chi connectivity index (χ0v) is 10.0. The maximum absolute atomic E-state index is 10.7. The van der Waals surface area contributed by atoms with Crippen LogP contribution in [0.1, 0.15) is 30.9 Å². The van der Waals surface area contributed by atoms with Crippen LogP contribution in [0.2, 0.25) is 0 Å². The summed E-state index contributed by atoms with van der Waals surface area (Å²) in [5.41, 5.74) is 2.24. The largest absolute Gasteiger partial charge is 0.481 e. The third-order valence-electron chi connectivity index (χ3n) is 2.66. The van der Waals surface area contributed by atoms with E-state index in [-0.39, 0.29) is 12.5 Å². The molecule has 0 saturated carbocycles. The van der Waals surface area contributed by atoms with Crippen molar-refractivity contribution in [2.75, 3.05) is 5.32 Å². The topological polar surface area (TPSA) is 73.1 Å². The number of hydrogen-bond acceptors (Lipinski definition) is 3. The molecule has 0 aliphatic carbocycles. The molecule has 1 rings (SSSR count). The van der Waals surface area contributed by atoms with Crippen LogP contribution in [0.15, 0.2) is 18.2 Å². The lowest BCUT2D eigenvalue weighted by Gasteiger charge is -2.18. The molecule has 4 nitrogen and oxygen atoms in total. The Morgan fingerprint density at radius 1 is 1.59 bits per heavy atom. The molecule has 4 heteroatoms. The lowest BCUT2D eigenvalue weighted by atomic mass is 10.1. The van der Waals surface area contributed by atoms with Crippen LogP contribution in [0.3, 0.4) is 0 Å². The Bertz CT molecular complexity index is 449. The van der Waals surface area contributed by atoms with E-state index >= 15 is 0 Å². The van der Waals surface area contributed by atoms with Crippen molar-refractivity contribution in [2.45, 2.75) is 32.7 Å². The second-order valence-electron chi connectivity index (χ2n) is 3.96. The van der Waals surface area contributed by atoms with Crippen molar-refractivity contribution >= 4 is 11.7 Å². The highest BCUT2D eigenvalue weighted by Gasteiger charge is 2.13. The van der Waals surface area contributed by atoms with Crippen molar-refractivity contribution in [3.63, 3.8) is 0 Å². The second kappa shape index (κ2) is 5.90. The molecule has 1 aromatic carbocycles. The van der Waals surface area contributed by atoms with Crippen LogP contribution >= 0.6 is 0 Å². The second-order valence-corrected chi connectivity index (χ2v) is 3.96. The molecule has 0 heterocycles. The average Bonchev–Trinajstić information content (AvgIpc) is 2.29. The summed E-state index contributed by atoms with van der Waals surface area (Å²) in [5, 5.41) is 20.9. The van der Waals surface area contributed by atoms with Crippen molar-refractivity contribution in [3.8, 4) is 6.07 Å². The number of aliphatic carboxylic acids is 1. The number of para-hydroxylation sites is 1. The summed E-state index contributed by atoms with van der Waals surface area (Å²) >= 11 is 0. The van der Waals surface area contributed by atoms with Gasteiger partial charge in [0.2, 0.25) is 0 Å². The lowest BCUT2D eigenvalue weighted by Crippen LogP contribution is -2.23. The molecule has 1 unspecified atom stereocenters. The number of carboxylic acid groups (broad SMARTS) is 1. The number of hydrogen-bond donors (Lipinski definition) is 2. The van der Waals surface area contributed by atoms with Gasteiger partial charge in [-0.3, -0.25) is 4.79 Å². The molecule has 0 radical (unpaired) electrons. The third kappa shape index (κ3) is 3.49. The highest BCUT2D eigenvalue weighted by Crippen LogP contribution is 2.21. The van der Waals surface area contributed by atoms with Gasteiger partial charge in [0.05, 0.1) is 17.7 Å². The standard InChI is InChI=1S/C13H16N2O2/c1-3-11(7-12(16)17)15-13-9(2)5-4-6-10(13)8-14/h4-6,11,15H,3,7H2,1-2H3,(H,16,17). The molecule has 1 atom stereocenters. The number of nitriles is 1. The first-order valence-electron chi connectivity index (χ1n) is 5.56. The summed E-state index contributed by atoms with van der Waals surface area (Å²) in [6.07, 6.45) is 0.751. The van der Waals surface area contributed by atoms with E-state index < -0.39 is 5.97 Å². The van der Waals surface area contributed by atoms with E-state index in [1.54, 1.807) is 6.07 Å². The van der Waals surface area contributed by atoms with Gasteiger partial charge in [0.25, 0.3) is 0 Å². The number of anilines is 1. The van der Waals surface area contributed by atoms with Crippen LogP contribution in [-0.4, -0.2) is 17.1 Å². The van der Waals surface area contributed by atoms with E-state index in [1.165, 1.54) is 0 Å². The normalized spacial score (nSPS) is 11.6. The molecule has 0 amide bonds. The van der Waals surface area contributed by atoms with Gasteiger partial charge in [0.1, 0.15) is 6.07 Å². The molecule has 1 aromatic rings. The Hall–Kier alpha value is -2.02. The number of aryl methyl sites for hydroxylation is 1. The zero-order chi connectivity index (χ0) is 12.8. The highest BCUT2D eigenvalue weighted by molar-refractivity contribution is 5.69. The maximum atomic E-state index is 10.7. The first-order valence-corrected chi connectivity index (χ1v) is 5.56. The molecule has 0 spiro atoms. The minimum atomic E-state index is -0.837. The van der Waals surface area contributed by atoms with E-state index in [2.05, 4.69) is 11.4 Å². The number of benzene rings is 1. The Labute approximate surface area is 101 Å². The summed E-state index contributed by atoms with van der Waals surface area (Å²) < 4.78 is 0. The van der Waals surface area contributed by atoms with Crippen LogP contribution in [0.4, 0.5) is 5.69 Å². The number of carbonyl (C=O) groups is 1. The van der Waals surface area contributed by atoms with Gasteiger partial charge in [-0.15, -0.1) is 0 Å². The maximum Gasteiger partial charge on any atom is 0.305 e. The molecule has 0 aliphatic heterocycles. The Morgan fingerprint density at radius 3 is 2.82 bits per heavy atom. The van der Waals surface area contributed by atoms with Gasteiger partial charge >= 0.3 is 5.97 Å². The Morgan fingerprint density at radius 2 is 2.29 bits per heavy atom. The summed E-state index contributed by atoms with van der Waals surface area (Å²) in [7, 11) is 0. The summed E-state index contributed by atoms with van der Waals surface area (Å²) in [4.78, 5) is 10.7. The van der Waals surface area contributed by atoms with Gasteiger partial charge in [-0.25, -0.2) is 0 Å². The van der Waals surface area contributed by atoms with Crippen LogP contribution < -0.4 is 5.32 Å². The van der Waals surface area contributed by atoms with Crippen LogP contribution in [-0.2, 0) is 4.79 Å². The van der Waals surface area contributed by atoms with Crippen molar-refractivity contribution in [2.24, 2.45) is 0 Å². The minimum Gasteiger partial charge on any atom is -0.481 e. The SMILES string of the molecule is CCC(CC(=O)O)Nc1c(C)cccc1C#N. The van der Waals surface area contributed by atoms with Crippen LogP contribution in [0, 0.1) is 18.3 Å². The first kappa shape index (κ1) is 13.0. The van der Waals surface area contributed by atoms with Gasteiger partial charge < -0.3 is 10.4 Å². The van der Waals surface area contributed by atoms with E-state index in [9.17, 15) is 4.79 Å². The highest BCUT2D eigenvalue weighted by atomic mass is 16.4. The Kier molecular flexibility index (Phi) is 4.53. The lowest BCUT2D eigenvalue weighted by molar-refractivity contribution is -0.137. The summed E-state index contributed by atoms with van der Waals surface area (Å²) in [6.45, 7) is 3.82. The van der Waals surface area contributed by atoms with Crippen molar-refractivity contribution < 1.29 is 9.90 Å². The number of rotatable bonds is 5. The molecular weight excluding hydrogens is 216 g/mol. The summed E-state index contributed by atoms with van der Waals surface area (Å²) in [5.74, 6) is -0.837. The van der Waals surface area contributed by atoms with Gasteiger partial charge in [-0.2, -0.15) is 5.26 Å². The van der Waals surface area contributed by atoms with Crippen LogP contribution in [0.5, 0.6) is 0 Å². The first-order chi connectivity index (χ1) is 8.08. The quantitative estimate of drug-likeness (QED) is 0.818. The van der Waals surface area contributed by atoms with E-state index in [1.807, 2.05) is 26.0 Å². The fourth-order valence-corrected chi connectivity index (χ4v) is 1.66. The molecule has 0 aromatic heterocycles. The average molecular weight is 232 g/mol. The molecule has 0 fully saturated rings. The summed E-state index contributed by atoms with van der Waals surface area (Å²) in [6, 6.07) is 7.40. The predicted octanol–water partition coefficient (Wildman–Crippen LogP) is 2.53. The zero-order valence-electron chi connectivity index (χ0n) is 10.0. The van der Waals surface area contributed by atoms with Crippen molar-refractivity contribution in [1.82, 2.24) is 0 Å². The smallest absolute Gasteiger partial charge is 0.305 e. The van der Waals surface area contributed by atoms with Gasteiger partial charge in [0, 0.05) is 6.04 Å². The van der Waals surface area contributed by atoms with E-state index in [0.717, 1.165) is 11.3 Å². The minimum absolute atomic E-state index is 0.0513. The van der Waals surface area contributed by atoms with Crippen molar-refractivity contribution in [3.05, 3.63) is 29.3 Å². The van der Waals surface area contributed by atoms with Gasteiger partial charge in [-0.1, -0.05) is 19.1 Å². The molecule has 90 valence electrons. The monoisotopic (exact) mass is 232 g/mol. The molecule has 2 N–H and O–H groups in total. The van der Waals surface area contributed by atoms with Crippen molar-refractivity contribution in [1.29, 1.82) is 5.26 Å². The molecular formula is C13H16N2O2. The fraction of sp³-hybridized carbons (Fsp3) is 0.385. The number of carboxylic acids is 1. The molecule has 17 heavy (non-hydrogen) atoms. The molecule has 0 aliphatic rings. The fourth-order valence-electron chi connectivity index (χ4n) is 1.66. The molecule has 0 saturated heterocycles. The van der Waals surface area contributed by atoms with Crippen LogP contribution in [0.25, 0.3) is 0 Å². The third-order valence-corrected chi connectivity index (χ3v) is 2.66. The van der Waals surface area contributed by atoms with Gasteiger partial charge in [0.15, 0.2) is 0 Å². The Balaban J connectivity index is 2.93. The van der Waals surface area contributed by atoms with E-state index in [4.69, 9.17) is 10.4 Å². The molecule has 0 bridgehead atoms. The van der Waals surface area contributed by atoms with Gasteiger partial charge in [-0.05, 0) is 25.0 Å².